The lowest BCUT2D eigenvalue weighted by atomic mass is 9.85. The summed E-state index contributed by atoms with van der Waals surface area (Å²) >= 11 is 0. The van der Waals surface area contributed by atoms with Crippen LogP contribution in [-0.2, 0) is 0 Å². The van der Waals surface area contributed by atoms with Crippen molar-refractivity contribution in [3.8, 4) is 0 Å². The van der Waals surface area contributed by atoms with Gasteiger partial charge in [0.1, 0.15) is 0 Å². The fourth-order valence-electron chi connectivity index (χ4n) is 2.79. The van der Waals surface area contributed by atoms with Gasteiger partial charge < -0.3 is 11.5 Å². The third-order valence-electron chi connectivity index (χ3n) is 4.01. The summed E-state index contributed by atoms with van der Waals surface area (Å²) in [5, 5.41) is 0. The molecule has 1 aromatic carbocycles. The molecule has 16 heavy (non-hydrogen) atoms. The largest absolute Gasteiger partial charge is 0.330 e. The highest BCUT2D eigenvalue weighted by molar-refractivity contribution is 5.41. The quantitative estimate of drug-likeness (QED) is 0.818. The molecule has 2 rings (SSSR count). The van der Waals surface area contributed by atoms with Crippen molar-refractivity contribution in [1.82, 2.24) is 0 Å². The van der Waals surface area contributed by atoms with Crippen molar-refractivity contribution in [2.45, 2.75) is 39.7 Å². The van der Waals surface area contributed by atoms with Gasteiger partial charge in [0.25, 0.3) is 0 Å². The van der Waals surface area contributed by atoms with E-state index in [-0.39, 0.29) is 11.5 Å². The minimum Gasteiger partial charge on any atom is -0.330 e. The van der Waals surface area contributed by atoms with E-state index in [9.17, 15) is 0 Å². The highest BCUT2D eigenvalue weighted by atomic mass is 14.8. The number of hydrogen-bond donors (Lipinski definition) is 2. The molecule has 0 aromatic heterocycles. The molecular formula is C14H22N2. The maximum atomic E-state index is 6.42. The Morgan fingerprint density at radius 1 is 1.19 bits per heavy atom. The summed E-state index contributed by atoms with van der Waals surface area (Å²) in [6.45, 7) is 7.15. The first kappa shape index (κ1) is 11.6. The predicted molar refractivity (Wildman–Crippen MR) is 68.3 cm³/mol. The summed E-state index contributed by atoms with van der Waals surface area (Å²) in [6.07, 6.45) is 2.36. The molecule has 2 heteroatoms. The van der Waals surface area contributed by atoms with Gasteiger partial charge in [-0.25, -0.2) is 0 Å². The molecule has 0 amide bonds. The minimum absolute atomic E-state index is 0.109. The Bertz CT molecular complexity index is 382. The van der Waals surface area contributed by atoms with E-state index in [2.05, 4.69) is 32.9 Å². The predicted octanol–water partition coefficient (Wildman–Crippen LogP) is 2.35. The zero-order chi connectivity index (χ0) is 11.9. The topological polar surface area (TPSA) is 52.0 Å². The molecular weight excluding hydrogens is 196 g/mol. The Labute approximate surface area is 98.0 Å². The zero-order valence-corrected chi connectivity index (χ0v) is 10.5. The van der Waals surface area contributed by atoms with Gasteiger partial charge in [0.05, 0.1) is 0 Å². The zero-order valence-electron chi connectivity index (χ0n) is 10.5. The number of hydrogen-bond acceptors (Lipinski definition) is 2. The van der Waals surface area contributed by atoms with Gasteiger partial charge in [-0.2, -0.15) is 0 Å². The lowest BCUT2D eigenvalue weighted by Crippen LogP contribution is -2.30. The van der Waals surface area contributed by atoms with Crippen LogP contribution < -0.4 is 11.5 Å². The van der Waals surface area contributed by atoms with Gasteiger partial charge in [-0.05, 0) is 56.8 Å². The van der Waals surface area contributed by atoms with E-state index >= 15 is 0 Å². The van der Waals surface area contributed by atoms with Crippen molar-refractivity contribution < 1.29 is 0 Å². The van der Waals surface area contributed by atoms with Gasteiger partial charge in [-0.15, -0.1) is 0 Å². The molecule has 1 saturated carbocycles. The Morgan fingerprint density at radius 2 is 1.69 bits per heavy atom. The van der Waals surface area contributed by atoms with Crippen LogP contribution >= 0.6 is 0 Å². The first-order valence-corrected chi connectivity index (χ1v) is 6.03. The molecule has 1 aromatic rings. The van der Waals surface area contributed by atoms with Gasteiger partial charge in [0.15, 0.2) is 0 Å². The summed E-state index contributed by atoms with van der Waals surface area (Å²) in [6, 6.07) is 4.54. The van der Waals surface area contributed by atoms with Crippen molar-refractivity contribution in [1.29, 1.82) is 0 Å². The number of rotatable bonds is 3. The Kier molecular flexibility index (Phi) is 2.81. The normalized spacial score (nSPS) is 19.6. The van der Waals surface area contributed by atoms with Crippen LogP contribution in [0.15, 0.2) is 12.1 Å². The molecule has 1 fully saturated rings. The van der Waals surface area contributed by atoms with Crippen molar-refractivity contribution >= 4 is 0 Å². The van der Waals surface area contributed by atoms with Crippen LogP contribution in [0, 0.1) is 26.2 Å². The molecule has 2 nitrogen and oxygen atoms in total. The molecule has 0 bridgehead atoms. The maximum Gasteiger partial charge on any atom is 0.0369 e. The second-order valence-corrected chi connectivity index (χ2v) is 5.36. The Hall–Kier alpha value is -0.860. The summed E-state index contributed by atoms with van der Waals surface area (Å²) in [5.41, 5.74) is 17.7. The average molecular weight is 218 g/mol. The monoisotopic (exact) mass is 218 g/mol. The van der Waals surface area contributed by atoms with E-state index in [0.29, 0.717) is 6.54 Å². The van der Waals surface area contributed by atoms with Crippen LogP contribution in [0.1, 0.15) is 41.1 Å². The van der Waals surface area contributed by atoms with E-state index in [4.69, 9.17) is 11.5 Å². The summed E-state index contributed by atoms with van der Waals surface area (Å²) in [5.74, 6) is 0. The van der Waals surface area contributed by atoms with E-state index in [1.807, 2.05) is 0 Å². The fourth-order valence-corrected chi connectivity index (χ4v) is 2.79. The number of benzene rings is 1. The molecule has 1 unspecified atom stereocenters. The van der Waals surface area contributed by atoms with E-state index in [1.165, 1.54) is 35.1 Å². The minimum atomic E-state index is 0.109. The second kappa shape index (κ2) is 3.86. The summed E-state index contributed by atoms with van der Waals surface area (Å²) in [7, 11) is 0. The van der Waals surface area contributed by atoms with Crippen LogP contribution in [0.3, 0.4) is 0 Å². The van der Waals surface area contributed by atoms with Crippen molar-refractivity contribution in [2.75, 3.05) is 6.54 Å². The molecule has 1 aliphatic rings. The SMILES string of the molecule is Cc1cc(C)c(C(N)C2(CN)CC2)c(C)c1. The standard InChI is InChI=1S/C14H22N2/c1-9-6-10(2)12(11(3)7-9)13(16)14(8-15)4-5-14/h6-7,13H,4-5,8,15-16H2,1-3H3. The molecule has 0 saturated heterocycles. The Balaban J connectivity index is 2.40. The third kappa shape index (κ3) is 1.76. The number of aryl methyl sites for hydroxylation is 3. The molecule has 0 aliphatic heterocycles. The lowest BCUT2D eigenvalue weighted by molar-refractivity contribution is 0.416. The third-order valence-corrected chi connectivity index (χ3v) is 4.01. The van der Waals surface area contributed by atoms with Crippen molar-refractivity contribution in [2.24, 2.45) is 16.9 Å². The van der Waals surface area contributed by atoms with Crippen molar-refractivity contribution in [3.05, 3.63) is 34.4 Å². The molecule has 1 aliphatic carbocycles. The van der Waals surface area contributed by atoms with E-state index < -0.39 is 0 Å². The molecule has 0 spiro atoms. The fraction of sp³-hybridized carbons (Fsp3) is 0.571. The first-order chi connectivity index (χ1) is 7.50. The van der Waals surface area contributed by atoms with Crippen LogP contribution in [0.25, 0.3) is 0 Å². The van der Waals surface area contributed by atoms with E-state index in [0.717, 1.165) is 0 Å². The average Bonchev–Trinajstić information content (AvgIpc) is 2.96. The van der Waals surface area contributed by atoms with Gasteiger partial charge in [0.2, 0.25) is 0 Å². The Morgan fingerprint density at radius 3 is 2.06 bits per heavy atom. The molecule has 1 atom stereocenters. The van der Waals surface area contributed by atoms with Crippen molar-refractivity contribution in [3.63, 3.8) is 0 Å². The molecule has 0 heterocycles. The summed E-state index contributed by atoms with van der Waals surface area (Å²) < 4.78 is 0. The molecule has 4 N–H and O–H groups in total. The number of nitrogens with two attached hydrogens (primary N) is 2. The van der Waals surface area contributed by atoms with Gasteiger partial charge in [-0.1, -0.05) is 17.7 Å². The van der Waals surface area contributed by atoms with Gasteiger partial charge >= 0.3 is 0 Å². The lowest BCUT2D eigenvalue weighted by Gasteiger charge is -2.25. The smallest absolute Gasteiger partial charge is 0.0369 e. The van der Waals surface area contributed by atoms with E-state index in [1.54, 1.807) is 0 Å². The summed E-state index contributed by atoms with van der Waals surface area (Å²) in [4.78, 5) is 0. The van der Waals surface area contributed by atoms with Gasteiger partial charge in [0, 0.05) is 11.5 Å². The second-order valence-electron chi connectivity index (χ2n) is 5.36. The maximum absolute atomic E-state index is 6.42. The van der Waals surface area contributed by atoms with Crippen LogP contribution in [0.2, 0.25) is 0 Å². The van der Waals surface area contributed by atoms with Crippen LogP contribution in [-0.4, -0.2) is 6.54 Å². The molecule has 88 valence electrons. The first-order valence-electron chi connectivity index (χ1n) is 6.03. The van der Waals surface area contributed by atoms with Crippen LogP contribution in [0.5, 0.6) is 0 Å². The van der Waals surface area contributed by atoms with Crippen LogP contribution in [0.4, 0.5) is 0 Å². The van der Waals surface area contributed by atoms with Gasteiger partial charge in [-0.3, -0.25) is 0 Å². The highest BCUT2D eigenvalue weighted by Gasteiger charge is 2.47. The highest BCUT2D eigenvalue weighted by Crippen LogP contribution is 2.53. The molecule has 0 radical (unpaired) electrons.